The Kier molecular flexibility index (Phi) is 10.1. The lowest BCUT2D eigenvalue weighted by molar-refractivity contribution is 0.00606. The number of allylic oxidation sites excluding steroid dienone is 2. The van der Waals surface area contributed by atoms with Crippen molar-refractivity contribution in [2.45, 2.75) is 110 Å². The third-order valence-electron chi connectivity index (χ3n) is 6.44. The van der Waals surface area contributed by atoms with Gasteiger partial charge in [-0.3, -0.25) is 0 Å². The second-order valence-electron chi connectivity index (χ2n) is 8.36. The van der Waals surface area contributed by atoms with E-state index in [-0.39, 0.29) is 0 Å². The lowest BCUT2D eigenvalue weighted by Crippen LogP contribution is -2.28. The second-order valence-corrected chi connectivity index (χ2v) is 8.36. The van der Waals surface area contributed by atoms with Gasteiger partial charge in [0, 0.05) is 6.61 Å². The van der Waals surface area contributed by atoms with E-state index in [2.05, 4.69) is 26.0 Å². The molecule has 0 saturated heterocycles. The Hall–Kier alpha value is -0.300. The SMILES string of the molecule is CCCC/C=C/C1CCC(C2CCC(OCCCCC)CC2)CC1. The van der Waals surface area contributed by atoms with E-state index in [0.29, 0.717) is 6.10 Å². The molecular weight excluding hydrogens is 292 g/mol. The summed E-state index contributed by atoms with van der Waals surface area (Å²) in [6.07, 6.45) is 24.8. The van der Waals surface area contributed by atoms with E-state index < -0.39 is 0 Å². The first-order chi connectivity index (χ1) is 11.8. The number of hydrogen-bond donors (Lipinski definition) is 0. The van der Waals surface area contributed by atoms with Crippen molar-refractivity contribution in [1.29, 1.82) is 0 Å². The molecule has 0 unspecified atom stereocenters. The van der Waals surface area contributed by atoms with Crippen LogP contribution in [0.1, 0.15) is 104 Å². The molecule has 0 radical (unpaired) electrons. The van der Waals surface area contributed by atoms with Crippen LogP contribution in [-0.4, -0.2) is 12.7 Å². The smallest absolute Gasteiger partial charge is 0.0575 e. The summed E-state index contributed by atoms with van der Waals surface area (Å²) in [6.45, 7) is 5.55. The molecular formula is C23H42O. The summed E-state index contributed by atoms with van der Waals surface area (Å²) in [5.74, 6) is 2.91. The molecule has 1 heteroatoms. The molecule has 2 rings (SSSR count). The largest absolute Gasteiger partial charge is 0.378 e. The first-order valence-electron chi connectivity index (χ1n) is 11.1. The maximum Gasteiger partial charge on any atom is 0.0575 e. The quantitative estimate of drug-likeness (QED) is 0.301. The fraction of sp³-hybridized carbons (Fsp3) is 0.913. The van der Waals surface area contributed by atoms with Crippen LogP contribution in [0.4, 0.5) is 0 Å². The van der Waals surface area contributed by atoms with E-state index in [9.17, 15) is 0 Å². The van der Waals surface area contributed by atoms with Crippen LogP contribution in [0.25, 0.3) is 0 Å². The van der Waals surface area contributed by atoms with Crippen LogP contribution in [0.2, 0.25) is 0 Å². The second kappa shape index (κ2) is 12.1. The average Bonchev–Trinajstić information content (AvgIpc) is 2.64. The van der Waals surface area contributed by atoms with Gasteiger partial charge in [-0.25, -0.2) is 0 Å². The topological polar surface area (TPSA) is 9.23 Å². The minimum atomic E-state index is 0.580. The minimum Gasteiger partial charge on any atom is -0.378 e. The van der Waals surface area contributed by atoms with Crippen LogP contribution < -0.4 is 0 Å². The molecule has 2 aliphatic carbocycles. The summed E-state index contributed by atoms with van der Waals surface area (Å²) in [7, 11) is 0. The molecule has 0 aliphatic heterocycles. The highest BCUT2D eigenvalue weighted by molar-refractivity contribution is 4.92. The molecule has 0 heterocycles. The van der Waals surface area contributed by atoms with Crippen LogP contribution in [0, 0.1) is 17.8 Å². The highest BCUT2D eigenvalue weighted by Gasteiger charge is 2.30. The summed E-state index contributed by atoms with van der Waals surface area (Å²) >= 11 is 0. The van der Waals surface area contributed by atoms with E-state index in [1.807, 2.05) is 0 Å². The zero-order valence-electron chi connectivity index (χ0n) is 16.5. The number of rotatable bonds is 10. The zero-order chi connectivity index (χ0) is 17.0. The van der Waals surface area contributed by atoms with Gasteiger partial charge in [-0.15, -0.1) is 0 Å². The van der Waals surface area contributed by atoms with Gasteiger partial charge in [0.1, 0.15) is 0 Å². The molecule has 0 aromatic rings. The summed E-state index contributed by atoms with van der Waals surface area (Å²) in [4.78, 5) is 0. The molecule has 0 spiro atoms. The third-order valence-corrected chi connectivity index (χ3v) is 6.44. The van der Waals surface area contributed by atoms with Crippen LogP contribution in [0.3, 0.4) is 0 Å². The van der Waals surface area contributed by atoms with Crippen molar-refractivity contribution in [3.63, 3.8) is 0 Å². The summed E-state index contributed by atoms with van der Waals surface area (Å²) in [5.41, 5.74) is 0. The first-order valence-corrected chi connectivity index (χ1v) is 11.1. The van der Waals surface area contributed by atoms with E-state index in [1.54, 1.807) is 0 Å². The van der Waals surface area contributed by atoms with E-state index in [1.165, 1.54) is 89.9 Å². The van der Waals surface area contributed by atoms with E-state index in [0.717, 1.165) is 24.4 Å². The molecule has 2 saturated carbocycles. The number of ether oxygens (including phenoxy) is 1. The van der Waals surface area contributed by atoms with E-state index >= 15 is 0 Å². The van der Waals surface area contributed by atoms with Gasteiger partial charge in [0.05, 0.1) is 6.10 Å². The van der Waals surface area contributed by atoms with Crippen molar-refractivity contribution in [3.05, 3.63) is 12.2 Å². The average molecular weight is 335 g/mol. The van der Waals surface area contributed by atoms with Gasteiger partial charge in [0.25, 0.3) is 0 Å². The summed E-state index contributed by atoms with van der Waals surface area (Å²) in [6, 6.07) is 0. The van der Waals surface area contributed by atoms with Crippen molar-refractivity contribution in [3.8, 4) is 0 Å². The van der Waals surface area contributed by atoms with Crippen LogP contribution >= 0.6 is 0 Å². The Balaban J connectivity index is 1.57. The van der Waals surface area contributed by atoms with Gasteiger partial charge in [0.2, 0.25) is 0 Å². The molecule has 0 bridgehead atoms. The van der Waals surface area contributed by atoms with Gasteiger partial charge in [0.15, 0.2) is 0 Å². The van der Waals surface area contributed by atoms with Gasteiger partial charge < -0.3 is 4.74 Å². The Morgan fingerprint density at radius 3 is 2.00 bits per heavy atom. The van der Waals surface area contributed by atoms with Crippen LogP contribution in [-0.2, 0) is 4.74 Å². The molecule has 0 aromatic carbocycles. The fourth-order valence-corrected chi connectivity index (χ4v) is 4.75. The molecule has 2 fully saturated rings. The lowest BCUT2D eigenvalue weighted by Gasteiger charge is -2.37. The Labute approximate surface area is 151 Å². The van der Waals surface area contributed by atoms with Gasteiger partial charge >= 0.3 is 0 Å². The van der Waals surface area contributed by atoms with Crippen LogP contribution in [0.5, 0.6) is 0 Å². The van der Waals surface area contributed by atoms with Crippen molar-refractivity contribution in [2.75, 3.05) is 6.61 Å². The molecule has 140 valence electrons. The third kappa shape index (κ3) is 7.30. The monoisotopic (exact) mass is 334 g/mol. The maximum absolute atomic E-state index is 6.09. The Morgan fingerprint density at radius 1 is 0.750 bits per heavy atom. The van der Waals surface area contributed by atoms with Crippen molar-refractivity contribution in [1.82, 2.24) is 0 Å². The van der Waals surface area contributed by atoms with Crippen LogP contribution in [0.15, 0.2) is 12.2 Å². The maximum atomic E-state index is 6.09. The summed E-state index contributed by atoms with van der Waals surface area (Å²) < 4.78 is 6.09. The Bertz CT molecular complexity index is 319. The molecule has 24 heavy (non-hydrogen) atoms. The molecule has 0 atom stereocenters. The van der Waals surface area contributed by atoms with Crippen molar-refractivity contribution >= 4 is 0 Å². The summed E-state index contributed by atoms with van der Waals surface area (Å²) in [5, 5.41) is 0. The van der Waals surface area contributed by atoms with Gasteiger partial charge in [-0.2, -0.15) is 0 Å². The van der Waals surface area contributed by atoms with Crippen molar-refractivity contribution < 1.29 is 4.74 Å². The van der Waals surface area contributed by atoms with Gasteiger partial charge in [-0.1, -0.05) is 51.7 Å². The van der Waals surface area contributed by atoms with Crippen molar-refractivity contribution in [2.24, 2.45) is 17.8 Å². The molecule has 0 N–H and O–H groups in total. The number of hydrogen-bond acceptors (Lipinski definition) is 1. The highest BCUT2D eigenvalue weighted by Crippen LogP contribution is 2.40. The predicted molar refractivity (Wildman–Crippen MR) is 105 cm³/mol. The molecule has 1 nitrogen and oxygen atoms in total. The van der Waals surface area contributed by atoms with E-state index in [4.69, 9.17) is 4.74 Å². The highest BCUT2D eigenvalue weighted by atomic mass is 16.5. The van der Waals surface area contributed by atoms with Gasteiger partial charge in [-0.05, 0) is 82.0 Å². The zero-order valence-corrected chi connectivity index (χ0v) is 16.5. The standard InChI is InChI=1S/C23H42O/c1-3-5-7-8-10-20-11-13-21(14-12-20)22-15-17-23(18-16-22)24-19-9-6-4-2/h8,10,20-23H,3-7,9,11-19H2,1-2H3/b10-8+. The molecule has 2 aliphatic rings. The molecule has 0 aromatic heterocycles. The number of unbranched alkanes of at least 4 members (excludes halogenated alkanes) is 4. The fourth-order valence-electron chi connectivity index (χ4n) is 4.75. The minimum absolute atomic E-state index is 0.580. The normalized spacial score (nSPS) is 31.6. The Morgan fingerprint density at radius 2 is 1.38 bits per heavy atom. The lowest BCUT2D eigenvalue weighted by atomic mass is 9.70. The molecule has 0 amide bonds. The predicted octanol–water partition coefficient (Wildman–Crippen LogP) is 7.30. The first kappa shape index (κ1) is 20.0.